The number of hydrogen-bond donors (Lipinski definition) is 1. The lowest BCUT2D eigenvalue weighted by Crippen LogP contribution is -2.27. The van der Waals surface area contributed by atoms with Crippen LogP contribution in [0.25, 0.3) is 0 Å². The second kappa shape index (κ2) is 5.65. The molecule has 1 saturated carbocycles. The molecule has 0 unspecified atom stereocenters. The average Bonchev–Trinajstić information content (AvgIpc) is 3.13. The Morgan fingerprint density at radius 1 is 1.47 bits per heavy atom. The molecule has 4 nitrogen and oxygen atoms in total. The molecular weight excluding hydrogens is 236 g/mol. The highest BCUT2D eigenvalue weighted by Gasteiger charge is 2.25. The molecule has 1 aliphatic rings. The minimum atomic E-state index is 0.556. The first-order valence-corrected chi connectivity index (χ1v) is 6.53. The van der Waals surface area contributed by atoms with Gasteiger partial charge in [0.25, 0.3) is 0 Å². The van der Waals surface area contributed by atoms with Crippen molar-refractivity contribution < 1.29 is 0 Å². The van der Waals surface area contributed by atoms with Gasteiger partial charge in [-0.25, -0.2) is 9.97 Å². The fourth-order valence-corrected chi connectivity index (χ4v) is 2.17. The maximum absolute atomic E-state index is 6.03. The smallest absolute Gasteiger partial charge is 0.137 e. The minimum absolute atomic E-state index is 0.556. The van der Waals surface area contributed by atoms with Gasteiger partial charge in [0.2, 0.25) is 0 Å². The summed E-state index contributed by atoms with van der Waals surface area (Å²) in [5.41, 5.74) is 1.00. The van der Waals surface area contributed by atoms with Crippen LogP contribution in [0, 0.1) is 0 Å². The van der Waals surface area contributed by atoms with Crippen molar-refractivity contribution in [3.63, 3.8) is 0 Å². The summed E-state index contributed by atoms with van der Waals surface area (Å²) in [6.07, 6.45) is 5.04. The Bertz CT molecular complexity index is 379. The summed E-state index contributed by atoms with van der Waals surface area (Å²) in [6.45, 7) is 3.99. The van der Waals surface area contributed by atoms with Crippen LogP contribution in [-0.4, -0.2) is 41.0 Å². The van der Waals surface area contributed by atoms with E-state index in [1.165, 1.54) is 19.2 Å². The monoisotopic (exact) mass is 254 g/mol. The Hall–Kier alpha value is -0.870. The number of hydrogen-bond acceptors (Lipinski definition) is 4. The molecule has 1 aromatic rings. The summed E-state index contributed by atoms with van der Waals surface area (Å²) in [6, 6.07) is 0.802. The third-order valence-corrected chi connectivity index (χ3v) is 3.50. The predicted octanol–water partition coefficient (Wildman–Crippen LogP) is 2.20. The zero-order valence-electron chi connectivity index (χ0n) is 10.4. The van der Waals surface area contributed by atoms with Gasteiger partial charge in [0.1, 0.15) is 17.3 Å². The Morgan fingerprint density at radius 2 is 2.24 bits per heavy atom. The number of rotatable bonds is 6. The molecule has 94 valence electrons. The first-order chi connectivity index (χ1) is 8.22. The molecule has 0 bridgehead atoms. The van der Waals surface area contributed by atoms with Crippen molar-refractivity contribution in [1.29, 1.82) is 0 Å². The van der Waals surface area contributed by atoms with Crippen LogP contribution in [0.5, 0.6) is 0 Å². The first kappa shape index (κ1) is 12.6. The summed E-state index contributed by atoms with van der Waals surface area (Å²) in [4.78, 5) is 10.6. The van der Waals surface area contributed by atoms with Crippen LogP contribution in [0.4, 0.5) is 5.82 Å². The quantitative estimate of drug-likeness (QED) is 0.791. The number of likely N-dealkylation sites (N-methyl/N-ethyl adjacent to an activating group) is 1. The highest BCUT2D eigenvalue weighted by Crippen LogP contribution is 2.25. The van der Waals surface area contributed by atoms with E-state index in [0.29, 0.717) is 5.15 Å². The van der Waals surface area contributed by atoms with E-state index in [1.807, 2.05) is 0 Å². The molecule has 1 heterocycles. The molecule has 17 heavy (non-hydrogen) atoms. The average molecular weight is 255 g/mol. The van der Waals surface area contributed by atoms with Gasteiger partial charge in [-0.1, -0.05) is 18.5 Å². The summed E-state index contributed by atoms with van der Waals surface area (Å²) >= 11 is 6.03. The Morgan fingerprint density at radius 3 is 2.88 bits per heavy atom. The van der Waals surface area contributed by atoms with E-state index in [4.69, 9.17) is 11.6 Å². The van der Waals surface area contributed by atoms with Gasteiger partial charge in [-0.2, -0.15) is 0 Å². The molecule has 0 spiro atoms. The molecule has 0 aliphatic heterocycles. The summed E-state index contributed by atoms with van der Waals surface area (Å²) in [5.74, 6) is 0.872. The highest BCUT2D eigenvalue weighted by molar-refractivity contribution is 6.30. The van der Waals surface area contributed by atoms with E-state index in [0.717, 1.165) is 36.9 Å². The van der Waals surface area contributed by atoms with Crippen molar-refractivity contribution in [2.24, 2.45) is 0 Å². The van der Waals surface area contributed by atoms with E-state index < -0.39 is 0 Å². The van der Waals surface area contributed by atoms with E-state index in [9.17, 15) is 0 Å². The highest BCUT2D eigenvalue weighted by atomic mass is 35.5. The van der Waals surface area contributed by atoms with Crippen molar-refractivity contribution in [2.75, 3.05) is 25.5 Å². The summed E-state index contributed by atoms with van der Waals surface area (Å²) in [5, 5.41) is 3.90. The Balaban J connectivity index is 1.87. The van der Waals surface area contributed by atoms with Crippen molar-refractivity contribution in [3.8, 4) is 0 Å². The van der Waals surface area contributed by atoms with Gasteiger partial charge in [0.05, 0.1) is 0 Å². The minimum Gasteiger partial charge on any atom is -0.368 e. The zero-order valence-corrected chi connectivity index (χ0v) is 11.2. The van der Waals surface area contributed by atoms with Gasteiger partial charge in [0, 0.05) is 24.7 Å². The number of aromatic nitrogens is 2. The van der Waals surface area contributed by atoms with Crippen molar-refractivity contribution >= 4 is 17.4 Å². The molecule has 0 amide bonds. The second-order valence-electron chi connectivity index (χ2n) is 4.48. The predicted molar refractivity (Wildman–Crippen MR) is 70.6 cm³/mol. The number of halogens is 1. The molecule has 0 saturated heterocycles. The van der Waals surface area contributed by atoms with E-state index >= 15 is 0 Å². The molecule has 1 aromatic heterocycles. The molecule has 0 radical (unpaired) electrons. The molecular formula is C12H19ClN4. The van der Waals surface area contributed by atoms with E-state index in [-0.39, 0.29) is 0 Å². The lowest BCUT2D eigenvalue weighted by molar-refractivity contribution is 0.337. The third kappa shape index (κ3) is 3.30. The van der Waals surface area contributed by atoms with Crippen molar-refractivity contribution in [1.82, 2.24) is 14.9 Å². The Kier molecular flexibility index (Phi) is 4.18. The number of nitrogens with one attached hydrogen (secondary N) is 1. The van der Waals surface area contributed by atoms with Crippen LogP contribution in [0.15, 0.2) is 6.33 Å². The molecule has 0 aromatic carbocycles. The fraction of sp³-hybridized carbons (Fsp3) is 0.667. The van der Waals surface area contributed by atoms with Gasteiger partial charge in [-0.05, 0) is 26.3 Å². The first-order valence-electron chi connectivity index (χ1n) is 6.15. The van der Waals surface area contributed by atoms with Crippen LogP contribution in [0.1, 0.15) is 25.3 Å². The largest absolute Gasteiger partial charge is 0.368 e. The van der Waals surface area contributed by atoms with Crippen LogP contribution >= 0.6 is 11.6 Å². The van der Waals surface area contributed by atoms with Gasteiger partial charge in [-0.15, -0.1) is 0 Å². The van der Waals surface area contributed by atoms with Gasteiger partial charge >= 0.3 is 0 Å². The molecule has 0 atom stereocenters. The van der Waals surface area contributed by atoms with E-state index in [1.54, 1.807) is 0 Å². The van der Waals surface area contributed by atoms with Gasteiger partial charge in [0.15, 0.2) is 0 Å². The summed E-state index contributed by atoms with van der Waals surface area (Å²) < 4.78 is 0. The van der Waals surface area contributed by atoms with Crippen LogP contribution in [0.3, 0.4) is 0 Å². The Labute approximate surface area is 107 Å². The van der Waals surface area contributed by atoms with Gasteiger partial charge in [-0.3, -0.25) is 0 Å². The van der Waals surface area contributed by atoms with Gasteiger partial charge < -0.3 is 10.2 Å². The standard InChI is InChI=1S/C12H19ClN4/c1-3-10-11(13)15-8-16-12(10)14-6-7-17(2)9-4-5-9/h8-9H,3-7H2,1-2H3,(H,14,15,16). The maximum atomic E-state index is 6.03. The molecule has 5 heteroatoms. The molecule has 1 N–H and O–H groups in total. The second-order valence-corrected chi connectivity index (χ2v) is 4.84. The molecule has 1 aliphatic carbocycles. The molecule has 2 rings (SSSR count). The SMILES string of the molecule is CCc1c(Cl)ncnc1NCCN(C)C1CC1. The lowest BCUT2D eigenvalue weighted by atomic mass is 10.2. The molecule has 1 fully saturated rings. The van der Waals surface area contributed by atoms with Crippen LogP contribution in [-0.2, 0) is 6.42 Å². The summed E-state index contributed by atoms with van der Waals surface area (Å²) in [7, 11) is 2.17. The number of anilines is 1. The number of nitrogens with zero attached hydrogens (tertiary/aromatic N) is 3. The van der Waals surface area contributed by atoms with Crippen LogP contribution < -0.4 is 5.32 Å². The lowest BCUT2D eigenvalue weighted by Gasteiger charge is -2.17. The maximum Gasteiger partial charge on any atom is 0.137 e. The normalized spacial score (nSPS) is 15.3. The van der Waals surface area contributed by atoms with E-state index in [2.05, 4.69) is 34.2 Å². The third-order valence-electron chi connectivity index (χ3n) is 3.17. The van der Waals surface area contributed by atoms with Crippen molar-refractivity contribution in [3.05, 3.63) is 17.0 Å². The van der Waals surface area contributed by atoms with Crippen molar-refractivity contribution in [2.45, 2.75) is 32.2 Å². The zero-order chi connectivity index (χ0) is 12.3. The fourth-order valence-electron chi connectivity index (χ4n) is 1.91. The van der Waals surface area contributed by atoms with Crippen LogP contribution in [0.2, 0.25) is 5.15 Å². The topological polar surface area (TPSA) is 41.1 Å².